The minimum atomic E-state index is 0.210. The molecule has 0 saturated carbocycles. The SMILES string of the molecule is COc1ccc(-c2nc(CN3CCCC[C@H]3CO)c(C)o2)cc1C. The quantitative estimate of drug-likeness (QED) is 0.911. The molecule has 0 bridgehead atoms. The van der Waals surface area contributed by atoms with E-state index in [1.165, 1.54) is 12.8 Å². The molecule has 1 fully saturated rings. The largest absolute Gasteiger partial charge is 0.496 e. The van der Waals surface area contributed by atoms with Crippen molar-refractivity contribution < 1.29 is 14.3 Å². The molecule has 130 valence electrons. The Morgan fingerprint density at radius 3 is 2.88 bits per heavy atom. The highest BCUT2D eigenvalue weighted by Gasteiger charge is 2.24. The van der Waals surface area contributed by atoms with Gasteiger partial charge < -0.3 is 14.3 Å². The Hall–Kier alpha value is -1.85. The summed E-state index contributed by atoms with van der Waals surface area (Å²) in [4.78, 5) is 7.03. The van der Waals surface area contributed by atoms with E-state index in [2.05, 4.69) is 4.90 Å². The Balaban J connectivity index is 1.81. The van der Waals surface area contributed by atoms with Gasteiger partial charge in [0, 0.05) is 18.2 Å². The van der Waals surface area contributed by atoms with Gasteiger partial charge in [0.1, 0.15) is 11.5 Å². The number of oxazole rings is 1. The van der Waals surface area contributed by atoms with Crippen molar-refractivity contribution in [2.24, 2.45) is 0 Å². The second-order valence-electron chi connectivity index (χ2n) is 6.51. The Bertz CT molecular complexity index is 696. The maximum absolute atomic E-state index is 9.57. The van der Waals surface area contributed by atoms with E-state index in [0.29, 0.717) is 5.89 Å². The summed E-state index contributed by atoms with van der Waals surface area (Å²) in [6, 6.07) is 6.18. The maximum atomic E-state index is 9.57. The van der Waals surface area contributed by atoms with E-state index in [1.807, 2.05) is 32.0 Å². The predicted molar refractivity (Wildman–Crippen MR) is 93.1 cm³/mol. The van der Waals surface area contributed by atoms with E-state index in [4.69, 9.17) is 14.1 Å². The highest BCUT2D eigenvalue weighted by Crippen LogP contribution is 2.28. The van der Waals surface area contributed by atoms with Gasteiger partial charge in [0.25, 0.3) is 0 Å². The van der Waals surface area contributed by atoms with Gasteiger partial charge in [0.05, 0.1) is 19.4 Å². The van der Waals surface area contributed by atoms with E-state index < -0.39 is 0 Å². The molecule has 2 heterocycles. The molecule has 0 aliphatic carbocycles. The molecule has 1 aliphatic heterocycles. The lowest BCUT2D eigenvalue weighted by molar-refractivity contribution is 0.0828. The number of hydrogen-bond donors (Lipinski definition) is 1. The molecule has 1 aromatic carbocycles. The average molecular weight is 330 g/mol. The summed E-state index contributed by atoms with van der Waals surface area (Å²) in [5.41, 5.74) is 2.97. The van der Waals surface area contributed by atoms with E-state index in [-0.39, 0.29) is 12.6 Å². The average Bonchev–Trinajstić information content (AvgIpc) is 2.96. The van der Waals surface area contributed by atoms with Crippen molar-refractivity contribution in [3.8, 4) is 17.2 Å². The molecule has 1 atom stereocenters. The topological polar surface area (TPSA) is 58.7 Å². The van der Waals surface area contributed by atoms with Gasteiger partial charge in [-0.15, -0.1) is 0 Å². The van der Waals surface area contributed by atoms with E-state index in [9.17, 15) is 5.11 Å². The Kier molecular flexibility index (Phi) is 5.21. The maximum Gasteiger partial charge on any atom is 0.226 e. The van der Waals surface area contributed by atoms with E-state index >= 15 is 0 Å². The minimum absolute atomic E-state index is 0.210. The van der Waals surface area contributed by atoms with Gasteiger partial charge in [-0.05, 0) is 57.0 Å². The van der Waals surface area contributed by atoms with Crippen LogP contribution in [0.25, 0.3) is 11.5 Å². The molecule has 5 nitrogen and oxygen atoms in total. The fourth-order valence-corrected chi connectivity index (χ4v) is 3.38. The van der Waals surface area contributed by atoms with Crippen LogP contribution in [0.5, 0.6) is 5.75 Å². The van der Waals surface area contributed by atoms with Crippen LogP contribution >= 0.6 is 0 Å². The smallest absolute Gasteiger partial charge is 0.226 e. The summed E-state index contributed by atoms with van der Waals surface area (Å²) in [6.45, 7) is 5.92. The number of aliphatic hydroxyl groups is 1. The molecule has 24 heavy (non-hydrogen) atoms. The standard InChI is InChI=1S/C19H26N2O3/c1-13-10-15(7-8-18(13)23-3)19-20-17(14(2)24-19)11-21-9-5-4-6-16(21)12-22/h7-8,10,16,22H,4-6,9,11-12H2,1-3H3/t16-/m0/s1. The number of aryl methyl sites for hydroxylation is 2. The van der Waals surface area contributed by atoms with Crippen LogP contribution in [0.3, 0.4) is 0 Å². The summed E-state index contributed by atoms with van der Waals surface area (Å²) in [5.74, 6) is 2.35. The van der Waals surface area contributed by atoms with Crippen molar-refractivity contribution >= 4 is 0 Å². The van der Waals surface area contributed by atoms with Crippen LogP contribution in [-0.2, 0) is 6.54 Å². The lowest BCUT2D eigenvalue weighted by Gasteiger charge is -2.33. The molecule has 3 rings (SSSR count). The van der Waals surface area contributed by atoms with Crippen molar-refractivity contribution in [2.45, 2.75) is 45.7 Å². The van der Waals surface area contributed by atoms with Crippen LogP contribution in [0, 0.1) is 13.8 Å². The van der Waals surface area contributed by atoms with Crippen LogP contribution in [0.4, 0.5) is 0 Å². The Labute approximate surface area is 143 Å². The highest BCUT2D eigenvalue weighted by atomic mass is 16.5. The molecule has 5 heteroatoms. The number of methoxy groups -OCH3 is 1. The minimum Gasteiger partial charge on any atom is -0.496 e. The number of piperidine rings is 1. The summed E-state index contributed by atoms with van der Waals surface area (Å²) in [7, 11) is 1.67. The molecule has 1 aliphatic rings. The normalized spacial score (nSPS) is 18.8. The van der Waals surface area contributed by atoms with Gasteiger partial charge >= 0.3 is 0 Å². The molecule has 0 spiro atoms. The Morgan fingerprint density at radius 2 is 2.17 bits per heavy atom. The fourth-order valence-electron chi connectivity index (χ4n) is 3.38. The van der Waals surface area contributed by atoms with Gasteiger partial charge in [-0.1, -0.05) is 6.42 Å². The third kappa shape index (κ3) is 3.47. The van der Waals surface area contributed by atoms with Gasteiger partial charge in [-0.2, -0.15) is 0 Å². The van der Waals surface area contributed by atoms with Gasteiger partial charge in [0.2, 0.25) is 5.89 Å². The van der Waals surface area contributed by atoms with Gasteiger partial charge in [-0.25, -0.2) is 4.98 Å². The van der Waals surface area contributed by atoms with Gasteiger partial charge in [-0.3, -0.25) is 4.90 Å². The van der Waals surface area contributed by atoms with Crippen molar-refractivity contribution in [2.75, 3.05) is 20.3 Å². The number of aliphatic hydroxyl groups excluding tert-OH is 1. The second kappa shape index (κ2) is 7.36. The first-order chi connectivity index (χ1) is 11.6. The molecule has 1 N–H and O–H groups in total. The number of hydrogen-bond acceptors (Lipinski definition) is 5. The van der Waals surface area contributed by atoms with Crippen molar-refractivity contribution in [3.63, 3.8) is 0 Å². The number of likely N-dealkylation sites (tertiary alicyclic amines) is 1. The van der Waals surface area contributed by atoms with Crippen LogP contribution in [-0.4, -0.2) is 41.3 Å². The lowest BCUT2D eigenvalue weighted by atomic mass is 10.0. The van der Waals surface area contributed by atoms with Gasteiger partial charge in [0.15, 0.2) is 0 Å². The summed E-state index contributed by atoms with van der Waals surface area (Å²) in [6.07, 6.45) is 3.42. The molecule has 1 aromatic heterocycles. The van der Waals surface area contributed by atoms with Crippen LogP contribution in [0.2, 0.25) is 0 Å². The monoisotopic (exact) mass is 330 g/mol. The lowest BCUT2D eigenvalue weighted by Crippen LogP contribution is -2.41. The zero-order chi connectivity index (χ0) is 17.1. The third-order valence-electron chi connectivity index (χ3n) is 4.85. The van der Waals surface area contributed by atoms with Crippen molar-refractivity contribution in [1.82, 2.24) is 9.88 Å². The summed E-state index contributed by atoms with van der Waals surface area (Å²) in [5, 5.41) is 9.57. The first-order valence-corrected chi connectivity index (χ1v) is 8.58. The zero-order valence-corrected chi connectivity index (χ0v) is 14.7. The molecular weight excluding hydrogens is 304 g/mol. The second-order valence-corrected chi connectivity index (χ2v) is 6.51. The van der Waals surface area contributed by atoms with Crippen LogP contribution in [0.15, 0.2) is 22.6 Å². The number of benzene rings is 1. The number of ether oxygens (including phenoxy) is 1. The van der Waals surface area contributed by atoms with E-state index in [0.717, 1.165) is 47.8 Å². The summed E-state index contributed by atoms with van der Waals surface area (Å²) < 4.78 is 11.2. The Morgan fingerprint density at radius 1 is 1.33 bits per heavy atom. The molecule has 2 aromatic rings. The molecule has 1 saturated heterocycles. The van der Waals surface area contributed by atoms with Crippen LogP contribution in [0.1, 0.15) is 36.3 Å². The third-order valence-corrected chi connectivity index (χ3v) is 4.85. The molecular formula is C19H26N2O3. The van der Waals surface area contributed by atoms with Crippen molar-refractivity contribution in [1.29, 1.82) is 0 Å². The first-order valence-electron chi connectivity index (χ1n) is 8.58. The van der Waals surface area contributed by atoms with E-state index in [1.54, 1.807) is 7.11 Å². The summed E-state index contributed by atoms with van der Waals surface area (Å²) >= 11 is 0. The molecule has 0 radical (unpaired) electrons. The molecule has 0 unspecified atom stereocenters. The fraction of sp³-hybridized carbons (Fsp3) is 0.526. The zero-order valence-electron chi connectivity index (χ0n) is 14.7. The first kappa shape index (κ1) is 17.0. The molecule has 0 amide bonds. The van der Waals surface area contributed by atoms with Crippen molar-refractivity contribution in [3.05, 3.63) is 35.2 Å². The number of rotatable bonds is 5. The number of aromatic nitrogens is 1. The predicted octanol–water partition coefficient (Wildman–Crippen LogP) is 3.31. The van der Waals surface area contributed by atoms with Crippen LogP contribution < -0.4 is 4.74 Å². The number of nitrogens with zero attached hydrogens (tertiary/aromatic N) is 2. The highest BCUT2D eigenvalue weighted by molar-refractivity contribution is 5.57.